The molecule has 3 rings (SSSR count). The van der Waals surface area contributed by atoms with Crippen molar-refractivity contribution in [3.63, 3.8) is 0 Å². The van der Waals surface area contributed by atoms with E-state index in [1.807, 2.05) is 35.7 Å². The zero-order valence-corrected chi connectivity index (χ0v) is 9.16. The van der Waals surface area contributed by atoms with Gasteiger partial charge >= 0.3 is 0 Å². The van der Waals surface area contributed by atoms with Crippen LogP contribution in [0.1, 0.15) is 21.5 Å². The highest BCUT2D eigenvalue weighted by Gasteiger charge is 2.26. The van der Waals surface area contributed by atoms with E-state index in [9.17, 15) is 4.79 Å². The Balaban J connectivity index is 1.98. The number of nitrogens with one attached hydrogen (secondary N) is 1. The van der Waals surface area contributed by atoms with Crippen LogP contribution in [0, 0.1) is 0 Å². The first-order valence-electron chi connectivity index (χ1n) is 4.94. The maximum Gasteiger partial charge on any atom is 0.258 e. The van der Waals surface area contributed by atoms with Gasteiger partial charge in [0.25, 0.3) is 5.91 Å². The quantitative estimate of drug-likeness (QED) is 0.819. The number of benzene rings is 1. The highest BCUT2D eigenvalue weighted by Crippen LogP contribution is 2.30. The largest absolute Gasteiger partial charge is 0.465 e. The highest BCUT2D eigenvalue weighted by molar-refractivity contribution is 7.10. The van der Waals surface area contributed by atoms with E-state index in [1.165, 1.54) is 0 Å². The number of fused-ring (bicyclic) bond motifs is 1. The molecular weight excluding hydrogens is 222 g/mol. The van der Waals surface area contributed by atoms with Gasteiger partial charge in [-0.05, 0) is 23.6 Å². The SMILES string of the molecule is O=C1N[C@@H](c2cccs2)Oc2ccccc21. The normalized spacial score (nSPS) is 18.5. The predicted octanol–water partition coefficient (Wildman–Crippen LogP) is 2.57. The van der Waals surface area contributed by atoms with Gasteiger partial charge in [-0.15, -0.1) is 11.3 Å². The lowest BCUT2D eigenvalue weighted by atomic mass is 10.1. The summed E-state index contributed by atoms with van der Waals surface area (Å²) >= 11 is 1.57. The number of para-hydroxylation sites is 1. The van der Waals surface area contributed by atoms with Gasteiger partial charge in [0.1, 0.15) is 5.75 Å². The second kappa shape index (κ2) is 3.64. The van der Waals surface area contributed by atoms with Crippen LogP contribution in [0.5, 0.6) is 5.75 Å². The molecule has 1 aliphatic heterocycles. The number of carbonyl (C=O) groups excluding carboxylic acids is 1. The Morgan fingerprint density at radius 3 is 2.88 bits per heavy atom. The van der Waals surface area contributed by atoms with Crippen molar-refractivity contribution in [1.82, 2.24) is 5.32 Å². The van der Waals surface area contributed by atoms with Crippen LogP contribution < -0.4 is 10.1 Å². The first kappa shape index (κ1) is 9.42. The van der Waals surface area contributed by atoms with Crippen molar-refractivity contribution in [2.75, 3.05) is 0 Å². The Hall–Kier alpha value is -1.81. The van der Waals surface area contributed by atoms with Crippen molar-refractivity contribution < 1.29 is 9.53 Å². The third-order valence-corrected chi connectivity index (χ3v) is 3.36. The predicted molar refractivity (Wildman–Crippen MR) is 61.6 cm³/mol. The average Bonchev–Trinajstić information content (AvgIpc) is 2.82. The molecule has 3 nitrogen and oxygen atoms in total. The lowest BCUT2D eigenvalue weighted by molar-refractivity contribution is 0.0762. The molecule has 0 unspecified atom stereocenters. The van der Waals surface area contributed by atoms with Crippen LogP contribution in [0.25, 0.3) is 0 Å². The first-order chi connectivity index (χ1) is 7.84. The highest BCUT2D eigenvalue weighted by atomic mass is 32.1. The van der Waals surface area contributed by atoms with Gasteiger partial charge in [-0.1, -0.05) is 18.2 Å². The maximum atomic E-state index is 11.8. The molecule has 1 aromatic heterocycles. The van der Waals surface area contributed by atoms with Crippen LogP contribution in [0.4, 0.5) is 0 Å². The summed E-state index contributed by atoms with van der Waals surface area (Å²) in [4.78, 5) is 12.8. The molecule has 0 saturated carbocycles. The van der Waals surface area contributed by atoms with Crippen LogP contribution in [0.3, 0.4) is 0 Å². The summed E-state index contributed by atoms with van der Waals surface area (Å²) in [5.41, 5.74) is 0.593. The van der Waals surface area contributed by atoms with E-state index in [0.717, 1.165) is 4.88 Å². The van der Waals surface area contributed by atoms with Crippen molar-refractivity contribution in [1.29, 1.82) is 0 Å². The van der Waals surface area contributed by atoms with Crippen LogP contribution in [0.2, 0.25) is 0 Å². The molecule has 2 aromatic rings. The Bertz CT molecular complexity index is 522. The van der Waals surface area contributed by atoms with Gasteiger partial charge in [0, 0.05) is 0 Å². The summed E-state index contributed by atoms with van der Waals surface area (Å²) in [6.45, 7) is 0. The molecule has 0 bridgehead atoms. The molecule has 0 fully saturated rings. The first-order valence-corrected chi connectivity index (χ1v) is 5.82. The average molecular weight is 231 g/mol. The number of rotatable bonds is 1. The topological polar surface area (TPSA) is 38.3 Å². The van der Waals surface area contributed by atoms with E-state index in [-0.39, 0.29) is 12.1 Å². The van der Waals surface area contributed by atoms with Crippen molar-refractivity contribution in [3.05, 3.63) is 52.2 Å². The Labute approximate surface area is 96.7 Å². The second-order valence-corrected chi connectivity index (χ2v) is 4.46. The number of carbonyl (C=O) groups is 1. The number of amides is 1. The van der Waals surface area contributed by atoms with Gasteiger partial charge in [0.2, 0.25) is 6.23 Å². The molecule has 0 saturated heterocycles. The fraction of sp³-hybridized carbons (Fsp3) is 0.0833. The zero-order valence-electron chi connectivity index (χ0n) is 8.34. The van der Waals surface area contributed by atoms with Gasteiger partial charge in [-0.25, -0.2) is 0 Å². The Morgan fingerprint density at radius 2 is 2.06 bits per heavy atom. The van der Waals surface area contributed by atoms with Gasteiger partial charge < -0.3 is 10.1 Å². The van der Waals surface area contributed by atoms with Crippen LogP contribution in [-0.4, -0.2) is 5.91 Å². The summed E-state index contributed by atoms with van der Waals surface area (Å²) < 4.78 is 5.73. The molecule has 16 heavy (non-hydrogen) atoms. The summed E-state index contributed by atoms with van der Waals surface area (Å²) in [7, 11) is 0. The second-order valence-electron chi connectivity index (χ2n) is 3.48. The summed E-state index contributed by atoms with van der Waals surface area (Å²) in [5.74, 6) is 0.560. The molecule has 1 atom stereocenters. The van der Waals surface area contributed by atoms with E-state index in [2.05, 4.69) is 5.32 Å². The molecule has 0 aliphatic carbocycles. The van der Waals surface area contributed by atoms with E-state index in [0.29, 0.717) is 11.3 Å². The number of hydrogen-bond acceptors (Lipinski definition) is 3. The minimum Gasteiger partial charge on any atom is -0.465 e. The number of thiophene rings is 1. The van der Waals surface area contributed by atoms with Gasteiger partial charge in [-0.3, -0.25) is 4.79 Å². The summed E-state index contributed by atoms with van der Waals surface area (Å²) in [5, 5.41) is 4.79. The molecule has 1 N–H and O–H groups in total. The van der Waals surface area contributed by atoms with Crippen LogP contribution >= 0.6 is 11.3 Å². The summed E-state index contributed by atoms with van der Waals surface area (Å²) in [6.07, 6.45) is -0.359. The van der Waals surface area contributed by atoms with Crippen molar-refractivity contribution >= 4 is 17.2 Å². The third-order valence-electron chi connectivity index (χ3n) is 2.44. The Morgan fingerprint density at radius 1 is 1.19 bits per heavy atom. The molecule has 1 amide bonds. The fourth-order valence-corrected chi connectivity index (χ4v) is 2.38. The van der Waals surface area contributed by atoms with E-state index in [4.69, 9.17) is 4.74 Å². The molecule has 0 radical (unpaired) electrons. The minimum absolute atomic E-state index is 0.0831. The van der Waals surface area contributed by atoms with Crippen molar-refractivity contribution in [3.8, 4) is 5.75 Å². The molecule has 4 heteroatoms. The molecule has 0 spiro atoms. The molecule has 80 valence electrons. The molecular formula is C12H9NO2S. The number of ether oxygens (including phenoxy) is 1. The van der Waals surface area contributed by atoms with Gasteiger partial charge in [0.05, 0.1) is 10.4 Å². The van der Waals surface area contributed by atoms with Gasteiger partial charge in [0.15, 0.2) is 0 Å². The molecule has 1 aliphatic rings. The summed E-state index contributed by atoms with van der Waals surface area (Å²) in [6, 6.07) is 11.2. The molecule has 2 heterocycles. The Kier molecular flexibility index (Phi) is 2.15. The molecule has 1 aromatic carbocycles. The maximum absolute atomic E-state index is 11.8. The monoisotopic (exact) mass is 231 g/mol. The zero-order chi connectivity index (χ0) is 11.0. The van der Waals surface area contributed by atoms with E-state index >= 15 is 0 Å². The number of hydrogen-bond donors (Lipinski definition) is 1. The van der Waals surface area contributed by atoms with Crippen LogP contribution in [0.15, 0.2) is 41.8 Å². The van der Waals surface area contributed by atoms with Crippen molar-refractivity contribution in [2.45, 2.75) is 6.23 Å². The lowest BCUT2D eigenvalue weighted by Gasteiger charge is -2.25. The standard InChI is InChI=1S/C12H9NO2S/c14-11-8-4-1-2-5-9(8)15-12(13-11)10-6-3-7-16-10/h1-7,12H,(H,13,14)/t12-/m1/s1. The lowest BCUT2D eigenvalue weighted by Crippen LogP contribution is -2.36. The van der Waals surface area contributed by atoms with Gasteiger partial charge in [-0.2, -0.15) is 0 Å². The smallest absolute Gasteiger partial charge is 0.258 e. The fourth-order valence-electron chi connectivity index (χ4n) is 1.68. The van der Waals surface area contributed by atoms with E-state index < -0.39 is 0 Å². The van der Waals surface area contributed by atoms with Crippen molar-refractivity contribution in [2.24, 2.45) is 0 Å². The minimum atomic E-state index is -0.359. The van der Waals surface area contributed by atoms with E-state index in [1.54, 1.807) is 17.4 Å². The third kappa shape index (κ3) is 1.47. The van der Waals surface area contributed by atoms with Crippen LogP contribution in [-0.2, 0) is 0 Å².